The summed E-state index contributed by atoms with van der Waals surface area (Å²) in [6, 6.07) is 17.8. The van der Waals surface area contributed by atoms with Crippen LogP contribution in [-0.2, 0) is 55.5 Å². The van der Waals surface area contributed by atoms with Gasteiger partial charge < -0.3 is 19.5 Å². The van der Waals surface area contributed by atoms with E-state index in [-0.39, 0.29) is 6.61 Å². The van der Waals surface area contributed by atoms with Crippen LogP contribution in [-0.4, -0.2) is 54.0 Å². The molecule has 6 aromatic rings. The van der Waals surface area contributed by atoms with Crippen LogP contribution in [0.2, 0.25) is 5.02 Å². The van der Waals surface area contributed by atoms with Crippen molar-refractivity contribution in [3.8, 4) is 16.9 Å². The second-order valence-electron chi connectivity index (χ2n) is 12.3. The number of methoxy groups -OCH3 is 1. The number of fused-ring (bicyclic) bond motifs is 3. The third-order valence-corrected chi connectivity index (χ3v) is 11.6. The van der Waals surface area contributed by atoms with Crippen molar-refractivity contribution in [3.63, 3.8) is 0 Å². The lowest BCUT2D eigenvalue weighted by molar-refractivity contribution is 0.0589. The molecule has 4 heterocycles. The zero-order valence-corrected chi connectivity index (χ0v) is 30.1. The van der Waals surface area contributed by atoms with Crippen molar-refractivity contribution in [1.29, 1.82) is 0 Å². The Labute approximate surface area is 298 Å². The first-order valence-electron chi connectivity index (χ1n) is 16.3. The average Bonchev–Trinajstić information content (AvgIpc) is 3.85. The number of rotatable bonds is 12. The lowest BCUT2D eigenvalue weighted by atomic mass is 9.97. The van der Waals surface area contributed by atoms with E-state index >= 15 is 0 Å². The number of aliphatic hydroxyl groups excluding tert-OH is 1. The van der Waals surface area contributed by atoms with Crippen molar-refractivity contribution in [3.05, 3.63) is 93.7 Å². The Morgan fingerprint density at radius 3 is 2.67 bits per heavy atom. The zero-order chi connectivity index (χ0) is 34.2. The van der Waals surface area contributed by atoms with E-state index in [2.05, 4.69) is 16.8 Å². The van der Waals surface area contributed by atoms with Crippen LogP contribution in [0.4, 0.5) is 0 Å². The number of hydrogen-bond donors (Lipinski definition) is 2. The number of benzene rings is 3. The molecule has 0 bridgehead atoms. The molecule has 0 atom stereocenters. The van der Waals surface area contributed by atoms with Crippen LogP contribution in [0, 0.1) is 0 Å². The molecule has 0 fully saturated rings. The number of nitrogens with zero attached hydrogens (tertiary/aromatic N) is 5. The first-order chi connectivity index (χ1) is 23.8. The topological polar surface area (TPSA) is 107 Å². The summed E-state index contributed by atoms with van der Waals surface area (Å²) in [4.78, 5) is 14.0. The van der Waals surface area contributed by atoms with E-state index in [1.54, 1.807) is 23.5 Å². The third kappa shape index (κ3) is 6.33. The van der Waals surface area contributed by atoms with Crippen LogP contribution >= 0.6 is 35.1 Å². The highest BCUT2D eigenvalue weighted by atomic mass is 35.5. The number of esters is 1. The van der Waals surface area contributed by atoms with E-state index in [9.17, 15) is 15.0 Å². The molecule has 0 unspecified atom stereocenters. The van der Waals surface area contributed by atoms with Crippen molar-refractivity contribution >= 4 is 62.8 Å². The monoisotopic (exact) mass is 715 g/mol. The molecule has 254 valence electrons. The number of halogens is 1. The van der Waals surface area contributed by atoms with Crippen LogP contribution in [0.15, 0.2) is 59.5 Å². The summed E-state index contributed by atoms with van der Waals surface area (Å²) in [6.45, 7) is 0.889. The molecule has 7 rings (SSSR count). The first kappa shape index (κ1) is 33.6. The van der Waals surface area contributed by atoms with Crippen LogP contribution in [0.1, 0.15) is 51.7 Å². The highest BCUT2D eigenvalue weighted by molar-refractivity contribution is 7.98. The zero-order valence-electron chi connectivity index (χ0n) is 27.7. The second-order valence-corrected chi connectivity index (χ2v) is 14.8. The third-order valence-electron chi connectivity index (χ3n) is 9.25. The number of aliphatic hydroxyl groups is 1. The Bertz CT molecular complexity index is 2200. The molecule has 2 N–H and O–H groups in total. The van der Waals surface area contributed by atoms with Crippen LogP contribution < -0.4 is 0 Å². The molecule has 3 aromatic heterocycles. The number of ether oxygens (including phenoxy) is 1. The van der Waals surface area contributed by atoms with Crippen LogP contribution in [0.5, 0.6) is 5.75 Å². The summed E-state index contributed by atoms with van der Waals surface area (Å²) in [7, 11) is 5.25. The van der Waals surface area contributed by atoms with Crippen molar-refractivity contribution in [2.24, 2.45) is 14.1 Å². The number of aromatic hydroxyl groups is 1. The molecule has 3 aromatic carbocycles. The lowest BCUT2D eigenvalue weighted by Gasteiger charge is -2.12. The van der Waals surface area contributed by atoms with E-state index in [0.717, 1.165) is 91.2 Å². The Morgan fingerprint density at radius 1 is 1.02 bits per heavy atom. The van der Waals surface area contributed by atoms with Gasteiger partial charge in [0.25, 0.3) is 0 Å². The largest absolute Gasteiger partial charge is 0.507 e. The molecule has 0 amide bonds. The number of carbonyl (C=O) groups is 1. The SMILES string of the molecule is COC(=O)c1c(CCCO)c2ccc(Cl)c(-c3c(CSCc4cc(CSc5cc(O)c6ccccc6c5)n(C)n4)nn4c3CCC4)c2n1C. The molecule has 49 heavy (non-hydrogen) atoms. The van der Waals surface area contributed by atoms with Crippen molar-refractivity contribution in [2.45, 2.75) is 54.4 Å². The highest BCUT2D eigenvalue weighted by Crippen LogP contribution is 2.44. The van der Waals surface area contributed by atoms with Gasteiger partial charge in [0.2, 0.25) is 0 Å². The van der Waals surface area contributed by atoms with Gasteiger partial charge in [-0.15, -0.1) is 23.5 Å². The summed E-state index contributed by atoms with van der Waals surface area (Å²) in [5, 5.41) is 33.4. The predicted octanol–water partition coefficient (Wildman–Crippen LogP) is 7.67. The minimum absolute atomic E-state index is 0.0291. The fourth-order valence-electron chi connectivity index (χ4n) is 7.01. The normalized spacial score (nSPS) is 12.8. The number of phenols is 1. The molecule has 1 aliphatic heterocycles. The average molecular weight is 716 g/mol. The van der Waals surface area contributed by atoms with Gasteiger partial charge in [-0.1, -0.05) is 41.9 Å². The van der Waals surface area contributed by atoms with Crippen molar-refractivity contribution in [1.82, 2.24) is 24.1 Å². The number of carbonyl (C=O) groups excluding carboxylic acids is 1. The standard InChI is InChI=1S/C37H38ClN5O4S2/c1-41-35-28(27(10-7-15-44)36(41)37(46)47-3)12-13-29(38)33(35)34-30(40-43-14-6-11-31(34)43)21-48-19-23-17-24(42(2)39-23)20-49-25-16-22-8-4-5-9-26(22)32(45)18-25/h4-5,8-9,12-13,16-18,44-45H,6-7,10-11,14-15,19-21H2,1-3H3. The van der Waals surface area contributed by atoms with E-state index in [1.165, 1.54) is 12.8 Å². The van der Waals surface area contributed by atoms with Gasteiger partial charge in [0.1, 0.15) is 11.4 Å². The number of aryl methyl sites for hydroxylation is 4. The molecule has 0 saturated heterocycles. The highest BCUT2D eigenvalue weighted by Gasteiger charge is 2.30. The van der Waals surface area contributed by atoms with Gasteiger partial charge >= 0.3 is 5.97 Å². The minimum atomic E-state index is -0.409. The fraction of sp³-hybridized carbons (Fsp3) is 0.324. The smallest absolute Gasteiger partial charge is 0.354 e. The quantitative estimate of drug-likeness (QED) is 0.0983. The fourth-order valence-corrected chi connectivity index (χ4v) is 9.10. The predicted molar refractivity (Wildman–Crippen MR) is 198 cm³/mol. The Morgan fingerprint density at radius 2 is 1.86 bits per heavy atom. The van der Waals surface area contributed by atoms with Crippen molar-refractivity contribution < 1.29 is 19.7 Å². The Kier molecular flexibility index (Phi) is 9.70. The second kappa shape index (κ2) is 14.1. The van der Waals surface area contributed by atoms with Crippen molar-refractivity contribution in [2.75, 3.05) is 13.7 Å². The molecule has 12 heteroatoms. The maximum Gasteiger partial charge on any atom is 0.354 e. The van der Waals surface area contributed by atoms with E-state index in [1.807, 2.05) is 65.8 Å². The maximum atomic E-state index is 13.0. The molecule has 0 radical (unpaired) electrons. The molecular weight excluding hydrogens is 678 g/mol. The summed E-state index contributed by atoms with van der Waals surface area (Å²) in [6.07, 6.45) is 3.00. The van der Waals surface area contributed by atoms with Gasteiger partial charge in [-0.2, -0.15) is 10.2 Å². The minimum Gasteiger partial charge on any atom is -0.507 e. The van der Waals surface area contributed by atoms with Gasteiger partial charge in [-0.3, -0.25) is 9.36 Å². The van der Waals surface area contributed by atoms with E-state index in [0.29, 0.717) is 35.1 Å². The number of aromatic nitrogens is 5. The summed E-state index contributed by atoms with van der Waals surface area (Å²) >= 11 is 10.5. The molecule has 0 saturated carbocycles. The molecule has 9 nitrogen and oxygen atoms in total. The summed E-state index contributed by atoms with van der Waals surface area (Å²) in [5.41, 5.74) is 8.39. The first-order valence-corrected chi connectivity index (χ1v) is 18.8. The molecule has 1 aliphatic rings. The van der Waals surface area contributed by atoms with E-state index in [4.69, 9.17) is 26.5 Å². The number of hydrogen-bond acceptors (Lipinski definition) is 8. The number of thioether (sulfide) groups is 2. The van der Waals surface area contributed by atoms with Crippen LogP contribution in [0.25, 0.3) is 32.8 Å². The lowest BCUT2D eigenvalue weighted by Crippen LogP contribution is -2.10. The van der Waals surface area contributed by atoms with E-state index < -0.39 is 5.97 Å². The Balaban J connectivity index is 1.14. The van der Waals surface area contributed by atoms with Gasteiger partial charge in [0.05, 0.1) is 29.0 Å². The summed E-state index contributed by atoms with van der Waals surface area (Å²) < 4.78 is 11.1. The summed E-state index contributed by atoms with van der Waals surface area (Å²) in [5.74, 6) is 2.01. The van der Waals surface area contributed by atoms with Crippen LogP contribution in [0.3, 0.4) is 0 Å². The Hall–Kier alpha value is -3.90. The molecule has 0 aliphatic carbocycles. The van der Waals surface area contributed by atoms with Gasteiger partial charge in [0.15, 0.2) is 0 Å². The number of phenolic OH excluding ortho intramolecular Hbond substituents is 1. The van der Waals surface area contributed by atoms with Gasteiger partial charge in [0, 0.05) is 82.7 Å². The van der Waals surface area contributed by atoms with Gasteiger partial charge in [-0.05, 0) is 60.9 Å². The van der Waals surface area contributed by atoms with Gasteiger partial charge in [-0.25, -0.2) is 4.79 Å². The maximum absolute atomic E-state index is 13.0. The molecule has 0 spiro atoms. The molecular formula is C37H38ClN5O4S2.